The van der Waals surface area contributed by atoms with Gasteiger partial charge in [0.1, 0.15) is 5.75 Å². The van der Waals surface area contributed by atoms with Crippen molar-refractivity contribution in [2.24, 2.45) is 5.92 Å². The fourth-order valence-electron chi connectivity index (χ4n) is 2.78. The van der Waals surface area contributed by atoms with Gasteiger partial charge in [0.25, 0.3) is 0 Å². The van der Waals surface area contributed by atoms with E-state index in [-0.39, 0.29) is 5.82 Å². The second-order valence-corrected chi connectivity index (χ2v) is 6.28. The van der Waals surface area contributed by atoms with E-state index in [1.165, 1.54) is 12.3 Å². The van der Waals surface area contributed by atoms with E-state index in [2.05, 4.69) is 9.97 Å². The van der Waals surface area contributed by atoms with Crippen LogP contribution in [0.25, 0.3) is 0 Å². The first-order chi connectivity index (χ1) is 11.1. The molecule has 3 rings (SSSR count). The maximum Gasteiger partial charge on any atom is 0.167 e. The van der Waals surface area contributed by atoms with Crippen LogP contribution in [0.5, 0.6) is 5.75 Å². The van der Waals surface area contributed by atoms with Crippen molar-refractivity contribution in [1.82, 2.24) is 9.97 Å². The van der Waals surface area contributed by atoms with E-state index in [1.807, 2.05) is 17.9 Å². The third kappa shape index (κ3) is 3.91. The van der Waals surface area contributed by atoms with Gasteiger partial charge in [0, 0.05) is 37.2 Å². The number of piperidine rings is 1. The van der Waals surface area contributed by atoms with E-state index < -0.39 is 0 Å². The van der Waals surface area contributed by atoms with Crippen molar-refractivity contribution in [2.75, 3.05) is 24.6 Å². The molecule has 0 atom stereocenters. The maximum absolute atomic E-state index is 13.9. The number of hydrogen-bond donors (Lipinski definition) is 0. The van der Waals surface area contributed by atoms with Gasteiger partial charge in [0.2, 0.25) is 0 Å². The number of nitrogens with zero attached hydrogens (tertiary/aromatic N) is 3. The summed E-state index contributed by atoms with van der Waals surface area (Å²) in [4.78, 5) is 10.1. The molecule has 1 aliphatic heterocycles. The summed E-state index contributed by atoms with van der Waals surface area (Å²) in [6, 6.07) is 3.20. The van der Waals surface area contributed by atoms with Crippen molar-refractivity contribution >= 4 is 17.4 Å². The number of hydrogen-bond acceptors (Lipinski definition) is 4. The molecule has 2 aromatic rings. The Bertz CT molecular complexity index is 675. The van der Waals surface area contributed by atoms with Crippen molar-refractivity contribution in [2.45, 2.75) is 19.8 Å². The minimum Gasteiger partial charge on any atom is -0.493 e. The number of ether oxygens (including phenoxy) is 1. The van der Waals surface area contributed by atoms with Gasteiger partial charge in [-0.1, -0.05) is 11.6 Å². The summed E-state index contributed by atoms with van der Waals surface area (Å²) < 4.78 is 19.8. The van der Waals surface area contributed by atoms with E-state index in [4.69, 9.17) is 16.3 Å². The molecule has 0 amide bonds. The zero-order chi connectivity index (χ0) is 16.2. The largest absolute Gasteiger partial charge is 0.493 e. The van der Waals surface area contributed by atoms with Crippen LogP contribution in [0.4, 0.5) is 10.2 Å². The number of aryl methyl sites for hydroxylation is 1. The standard InChI is InChI=1S/C17H19ClFN3O/c1-12-9-20-5-2-16(12)23-11-13-3-6-22(7-4-13)17-15(19)8-14(18)10-21-17/h2,5,8-10,13H,3-4,6-7,11H2,1H3. The van der Waals surface area contributed by atoms with Crippen molar-refractivity contribution < 1.29 is 9.13 Å². The Morgan fingerprint density at radius 2 is 2.13 bits per heavy atom. The smallest absolute Gasteiger partial charge is 0.167 e. The SMILES string of the molecule is Cc1cnccc1OCC1CCN(c2ncc(Cl)cc2F)CC1. The van der Waals surface area contributed by atoms with Crippen LogP contribution in [-0.2, 0) is 0 Å². The summed E-state index contributed by atoms with van der Waals surface area (Å²) in [5.74, 6) is 1.38. The zero-order valence-electron chi connectivity index (χ0n) is 13.0. The Hall–Kier alpha value is -1.88. The molecule has 1 saturated heterocycles. The third-order valence-electron chi connectivity index (χ3n) is 4.15. The normalized spacial score (nSPS) is 15.7. The van der Waals surface area contributed by atoms with Crippen LogP contribution < -0.4 is 9.64 Å². The summed E-state index contributed by atoms with van der Waals surface area (Å²) in [7, 11) is 0. The second kappa shape index (κ2) is 7.13. The van der Waals surface area contributed by atoms with E-state index in [0.29, 0.717) is 23.4 Å². The summed E-state index contributed by atoms with van der Waals surface area (Å²) in [5, 5.41) is 0.322. The molecule has 0 radical (unpaired) electrons. The van der Waals surface area contributed by atoms with Crippen LogP contribution in [0.15, 0.2) is 30.7 Å². The Labute approximate surface area is 140 Å². The Balaban J connectivity index is 1.53. The lowest BCUT2D eigenvalue weighted by Crippen LogP contribution is -2.36. The first kappa shape index (κ1) is 16.0. The molecule has 0 saturated carbocycles. The zero-order valence-corrected chi connectivity index (χ0v) is 13.8. The van der Waals surface area contributed by atoms with Gasteiger partial charge in [-0.2, -0.15) is 0 Å². The number of pyridine rings is 2. The highest BCUT2D eigenvalue weighted by Crippen LogP contribution is 2.26. The van der Waals surface area contributed by atoms with Gasteiger partial charge in [0.05, 0.1) is 11.6 Å². The number of aromatic nitrogens is 2. The summed E-state index contributed by atoms with van der Waals surface area (Å²) in [6.45, 7) is 4.21. The topological polar surface area (TPSA) is 38.2 Å². The third-order valence-corrected chi connectivity index (χ3v) is 4.35. The first-order valence-electron chi connectivity index (χ1n) is 7.73. The average molecular weight is 336 g/mol. The molecule has 23 heavy (non-hydrogen) atoms. The molecule has 0 aromatic carbocycles. The van der Waals surface area contributed by atoms with Gasteiger partial charge in [-0.15, -0.1) is 0 Å². The van der Waals surface area contributed by atoms with E-state index in [1.54, 1.807) is 12.4 Å². The predicted octanol–water partition coefficient (Wildman–Crippen LogP) is 3.87. The molecule has 1 fully saturated rings. The first-order valence-corrected chi connectivity index (χ1v) is 8.10. The van der Waals surface area contributed by atoms with Crippen molar-refractivity contribution in [1.29, 1.82) is 0 Å². The van der Waals surface area contributed by atoms with Crippen molar-refractivity contribution in [3.8, 4) is 5.75 Å². The molecule has 3 heterocycles. The van der Waals surface area contributed by atoms with E-state index in [0.717, 1.165) is 37.2 Å². The van der Waals surface area contributed by atoms with Gasteiger partial charge >= 0.3 is 0 Å². The molecule has 0 unspecified atom stereocenters. The molecule has 0 spiro atoms. The molecule has 6 heteroatoms. The predicted molar refractivity (Wildman–Crippen MR) is 88.6 cm³/mol. The molecule has 2 aromatic heterocycles. The second-order valence-electron chi connectivity index (χ2n) is 5.84. The summed E-state index contributed by atoms with van der Waals surface area (Å²) in [5.41, 5.74) is 1.04. The maximum atomic E-state index is 13.9. The van der Waals surface area contributed by atoms with Gasteiger partial charge in [-0.3, -0.25) is 4.98 Å². The van der Waals surface area contributed by atoms with E-state index in [9.17, 15) is 4.39 Å². The average Bonchev–Trinajstić information content (AvgIpc) is 2.55. The van der Waals surface area contributed by atoms with Gasteiger partial charge in [-0.25, -0.2) is 9.37 Å². The molecule has 1 aliphatic rings. The van der Waals surface area contributed by atoms with Crippen LogP contribution in [0.1, 0.15) is 18.4 Å². The van der Waals surface area contributed by atoms with Crippen LogP contribution in [0.3, 0.4) is 0 Å². The molecular formula is C17H19ClFN3O. The molecule has 4 nitrogen and oxygen atoms in total. The van der Waals surface area contributed by atoms with Crippen molar-refractivity contribution in [3.05, 3.63) is 47.1 Å². The Morgan fingerprint density at radius 3 is 2.83 bits per heavy atom. The number of halogens is 2. The summed E-state index contributed by atoms with van der Waals surface area (Å²) in [6.07, 6.45) is 6.93. The molecule has 122 valence electrons. The van der Waals surface area contributed by atoms with Gasteiger partial charge < -0.3 is 9.64 Å². The lowest BCUT2D eigenvalue weighted by Gasteiger charge is -2.32. The van der Waals surface area contributed by atoms with Gasteiger partial charge in [-0.05, 0) is 37.8 Å². The Kier molecular flexibility index (Phi) is 4.96. The van der Waals surface area contributed by atoms with Crippen molar-refractivity contribution in [3.63, 3.8) is 0 Å². The minimum atomic E-state index is -0.361. The molecule has 0 N–H and O–H groups in total. The highest BCUT2D eigenvalue weighted by atomic mass is 35.5. The van der Waals surface area contributed by atoms with Crippen LogP contribution in [0.2, 0.25) is 5.02 Å². The molecular weight excluding hydrogens is 317 g/mol. The quantitative estimate of drug-likeness (QED) is 0.850. The van der Waals surface area contributed by atoms with Crippen LogP contribution in [0, 0.1) is 18.7 Å². The highest BCUT2D eigenvalue weighted by Gasteiger charge is 2.23. The lowest BCUT2D eigenvalue weighted by molar-refractivity contribution is 0.221. The summed E-state index contributed by atoms with van der Waals surface area (Å²) >= 11 is 5.75. The minimum absolute atomic E-state index is 0.322. The van der Waals surface area contributed by atoms with Gasteiger partial charge in [0.15, 0.2) is 11.6 Å². The molecule has 0 bridgehead atoms. The molecule has 0 aliphatic carbocycles. The van der Waals surface area contributed by atoms with Crippen LogP contribution in [-0.4, -0.2) is 29.7 Å². The highest BCUT2D eigenvalue weighted by molar-refractivity contribution is 6.30. The monoisotopic (exact) mass is 335 g/mol. The van der Waals surface area contributed by atoms with E-state index >= 15 is 0 Å². The lowest BCUT2D eigenvalue weighted by atomic mass is 9.98. The fourth-order valence-corrected chi connectivity index (χ4v) is 2.93. The van der Waals surface area contributed by atoms with Crippen LogP contribution >= 0.6 is 11.6 Å². The number of anilines is 1. The number of rotatable bonds is 4. The Morgan fingerprint density at radius 1 is 1.35 bits per heavy atom. The fraction of sp³-hybridized carbons (Fsp3) is 0.412.